The second kappa shape index (κ2) is 7.29. The summed E-state index contributed by atoms with van der Waals surface area (Å²) in [6.45, 7) is 2.07. The average molecular weight is 339 g/mol. The smallest absolute Gasteiger partial charge is 0.351 e. The van der Waals surface area contributed by atoms with Gasteiger partial charge in [-0.2, -0.15) is 18.3 Å². The third-order valence-corrected chi connectivity index (χ3v) is 3.56. The van der Waals surface area contributed by atoms with Gasteiger partial charge in [-0.15, -0.1) is 0 Å². The summed E-state index contributed by atoms with van der Waals surface area (Å²) in [6.07, 6.45) is -3.91. The minimum atomic E-state index is -4.38. The lowest BCUT2D eigenvalue weighted by molar-refractivity contribution is -0.137. The Morgan fingerprint density at radius 3 is 2.67 bits per heavy atom. The van der Waals surface area contributed by atoms with Crippen molar-refractivity contribution in [3.05, 3.63) is 63.6 Å². The molecular formula is C16H16F3N3O2. The average Bonchev–Trinajstić information content (AvgIpc) is 2.54. The van der Waals surface area contributed by atoms with Gasteiger partial charge in [0.15, 0.2) is 0 Å². The van der Waals surface area contributed by atoms with Crippen LogP contribution >= 0.6 is 0 Å². The van der Waals surface area contributed by atoms with Gasteiger partial charge in [0.1, 0.15) is 5.69 Å². The molecule has 1 atom stereocenters. The van der Waals surface area contributed by atoms with Gasteiger partial charge in [0, 0.05) is 12.6 Å². The topological polar surface area (TPSA) is 74.8 Å². The number of amides is 1. The van der Waals surface area contributed by atoms with Crippen LogP contribution in [0.5, 0.6) is 0 Å². The maximum atomic E-state index is 12.7. The van der Waals surface area contributed by atoms with Gasteiger partial charge in [0.25, 0.3) is 11.5 Å². The van der Waals surface area contributed by atoms with Crippen molar-refractivity contribution >= 4 is 5.91 Å². The number of aromatic amines is 1. The molecule has 0 spiro atoms. The summed E-state index contributed by atoms with van der Waals surface area (Å²) in [5.74, 6) is -0.612. The number of hydrogen-bond donors (Lipinski definition) is 2. The van der Waals surface area contributed by atoms with Gasteiger partial charge in [-0.05, 0) is 30.0 Å². The van der Waals surface area contributed by atoms with E-state index in [4.69, 9.17) is 0 Å². The van der Waals surface area contributed by atoms with Gasteiger partial charge in [-0.25, -0.2) is 5.10 Å². The number of nitrogens with zero attached hydrogens (tertiary/aromatic N) is 1. The molecule has 1 unspecified atom stereocenters. The summed E-state index contributed by atoms with van der Waals surface area (Å²) >= 11 is 0. The Balaban J connectivity index is 1.91. The number of nitrogens with one attached hydrogen (secondary N) is 2. The van der Waals surface area contributed by atoms with E-state index >= 15 is 0 Å². The van der Waals surface area contributed by atoms with Crippen molar-refractivity contribution in [1.29, 1.82) is 0 Å². The minimum absolute atomic E-state index is 0.0707. The highest BCUT2D eigenvalue weighted by atomic mass is 19.4. The first-order valence-corrected chi connectivity index (χ1v) is 7.28. The van der Waals surface area contributed by atoms with Gasteiger partial charge in [0.2, 0.25) is 0 Å². The van der Waals surface area contributed by atoms with Crippen molar-refractivity contribution in [3.8, 4) is 0 Å². The Hall–Kier alpha value is -2.64. The summed E-state index contributed by atoms with van der Waals surface area (Å²) < 4.78 is 38.1. The molecule has 1 aromatic heterocycles. The first kappa shape index (κ1) is 17.7. The van der Waals surface area contributed by atoms with Crippen molar-refractivity contribution < 1.29 is 18.0 Å². The fraction of sp³-hybridized carbons (Fsp3) is 0.312. The molecule has 5 nitrogen and oxygen atoms in total. The largest absolute Gasteiger partial charge is 0.416 e. The number of rotatable bonds is 5. The summed E-state index contributed by atoms with van der Waals surface area (Å²) in [5, 5.41) is 8.37. The van der Waals surface area contributed by atoms with Crippen LogP contribution in [0.25, 0.3) is 0 Å². The van der Waals surface area contributed by atoms with E-state index in [1.54, 1.807) is 13.0 Å². The Morgan fingerprint density at radius 1 is 1.29 bits per heavy atom. The fourth-order valence-electron chi connectivity index (χ4n) is 2.15. The highest BCUT2D eigenvalue weighted by molar-refractivity contribution is 5.91. The number of aromatic nitrogens is 2. The zero-order valence-corrected chi connectivity index (χ0v) is 12.9. The van der Waals surface area contributed by atoms with Crippen molar-refractivity contribution in [1.82, 2.24) is 15.5 Å². The molecule has 0 saturated heterocycles. The molecule has 0 aliphatic carbocycles. The van der Waals surface area contributed by atoms with Crippen LogP contribution in [0.3, 0.4) is 0 Å². The van der Waals surface area contributed by atoms with E-state index < -0.39 is 23.2 Å². The van der Waals surface area contributed by atoms with Gasteiger partial charge < -0.3 is 5.32 Å². The molecule has 1 heterocycles. The van der Waals surface area contributed by atoms with Crippen molar-refractivity contribution in [2.45, 2.75) is 25.4 Å². The molecule has 2 N–H and O–H groups in total. The number of hydrogen-bond acceptors (Lipinski definition) is 3. The molecule has 1 aromatic carbocycles. The van der Waals surface area contributed by atoms with Gasteiger partial charge in [-0.3, -0.25) is 9.59 Å². The summed E-state index contributed by atoms with van der Waals surface area (Å²) in [6, 6.07) is 7.63. The molecule has 24 heavy (non-hydrogen) atoms. The molecule has 0 radical (unpaired) electrons. The number of benzene rings is 1. The molecule has 0 aliphatic heterocycles. The predicted octanol–water partition coefficient (Wildman–Crippen LogP) is 2.71. The van der Waals surface area contributed by atoms with E-state index in [9.17, 15) is 22.8 Å². The lowest BCUT2D eigenvalue weighted by Gasteiger charge is -2.14. The van der Waals surface area contributed by atoms with Crippen LogP contribution in [-0.2, 0) is 6.18 Å². The Labute approximate surface area is 135 Å². The van der Waals surface area contributed by atoms with E-state index in [0.717, 1.165) is 12.1 Å². The summed E-state index contributed by atoms with van der Waals surface area (Å²) in [4.78, 5) is 22.7. The Kier molecular flexibility index (Phi) is 5.38. The molecule has 0 bridgehead atoms. The monoisotopic (exact) mass is 339 g/mol. The minimum Gasteiger partial charge on any atom is -0.351 e. The molecule has 0 aliphatic rings. The van der Waals surface area contributed by atoms with Crippen LogP contribution in [0, 0.1) is 0 Å². The molecule has 0 saturated carbocycles. The number of carbonyl (C=O) groups is 1. The fourth-order valence-corrected chi connectivity index (χ4v) is 2.15. The highest BCUT2D eigenvalue weighted by Gasteiger charge is 2.30. The third-order valence-electron chi connectivity index (χ3n) is 3.56. The van der Waals surface area contributed by atoms with Crippen LogP contribution < -0.4 is 10.9 Å². The third kappa shape index (κ3) is 4.68. The molecule has 2 rings (SSSR count). The molecule has 2 aromatic rings. The first-order chi connectivity index (χ1) is 11.3. The molecule has 8 heteroatoms. The van der Waals surface area contributed by atoms with Crippen LogP contribution in [0.2, 0.25) is 0 Å². The van der Waals surface area contributed by atoms with E-state index in [1.165, 1.54) is 18.2 Å². The highest BCUT2D eigenvalue weighted by Crippen LogP contribution is 2.31. The molecule has 1 amide bonds. The lowest BCUT2D eigenvalue weighted by atomic mass is 9.96. The normalized spacial score (nSPS) is 12.7. The summed E-state index contributed by atoms with van der Waals surface area (Å²) in [5.41, 5.74) is -0.472. The van der Waals surface area contributed by atoms with E-state index in [2.05, 4.69) is 15.5 Å². The predicted molar refractivity (Wildman–Crippen MR) is 81.7 cm³/mol. The van der Waals surface area contributed by atoms with E-state index in [1.807, 2.05) is 0 Å². The maximum Gasteiger partial charge on any atom is 0.416 e. The van der Waals surface area contributed by atoms with Gasteiger partial charge in [0.05, 0.1) is 5.56 Å². The zero-order valence-electron chi connectivity index (χ0n) is 12.9. The number of alkyl halides is 3. The van der Waals surface area contributed by atoms with Crippen LogP contribution in [0.4, 0.5) is 13.2 Å². The van der Waals surface area contributed by atoms with Crippen molar-refractivity contribution in [3.63, 3.8) is 0 Å². The van der Waals surface area contributed by atoms with Crippen LogP contribution in [0.15, 0.2) is 41.2 Å². The lowest BCUT2D eigenvalue weighted by Crippen LogP contribution is -2.27. The number of H-pyrrole nitrogens is 1. The van der Waals surface area contributed by atoms with Crippen LogP contribution in [-0.4, -0.2) is 22.6 Å². The van der Waals surface area contributed by atoms with Crippen LogP contribution in [0.1, 0.15) is 40.9 Å². The number of carbonyl (C=O) groups excluding carboxylic acids is 1. The first-order valence-electron chi connectivity index (χ1n) is 7.28. The second-order valence-electron chi connectivity index (χ2n) is 5.38. The molecular weight excluding hydrogens is 323 g/mol. The number of halogens is 3. The SMILES string of the molecule is CC(CCNC(=O)c1ccc(=O)[nH]n1)c1cccc(C(F)(F)F)c1. The Morgan fingerprint density at radius 2 is 2.04 bits per heavy atom. The van der Waals surface area contributed by atoms with Gasteiger partial charge >= 0.3 is 6.18 Å². The zero-order chi connectivity index (χ0) is 17.7. The molecule has 128 valence electrons. The summed E-state index contributed by atoms with van der Waals surface area (Å²) in [7, 11) is 0. The van der Waals surface area contributed by atoms with Crippen molar-refractivity contribution in [2.75, 3.05) is 6.54 Å². The quantitative estimate of drug-likeness (QED) is 0.879. The maximum absolute atomic E-state index is 12.7. The van der Waals surface area contributed by atoms with E-state index in [-0.39, 0.29) is 18.2 Å². The van der Waals surface area contributed by atoms with Crippen molar-refractivity contribution in [2.24, 2.45) is 0 Å². The van der Waals surface area contributed by atoms with E-state index in [0.29, 0.717) is 12.0 Å². The second-order valence-corrected chi connectivity index (χ2v) is 5.38. The van der Waals surface area contributed by atoms with Gasteiger partial charge in [-0.1, -0.05) is 25.1 Å². The molecule has 0 fully saturated rings. The Bertz CT molecular complexity index is 751. The standard InChI is InChI=1S/C16H16F3N3O2/c1-10(11-3-2-4-12(9-11)16(17,18)19)7-8-20-15(24)13-5-6-14(23)22-21-13/h2-6,9-10H,7-8H2,1H3,(H,20,24)(H,22,23).